The third-order valence-electron chi connectivity index (χ3n) is 2.41. The average Bonchev–Trinajstić information content (AvgIpc) is 2.36. The van der Waals surface area contributed by atoms with Gasteiger partial charge in [-0.1, -0.05) is 6.07 Å². The van der Waals surface area contributed by atoms with Gasteiger partial charge >= 0.3 is 0 Å². The van der Waals surface area contributed by atoms with Gasteiger partial charge in [-0.15, -0.1) is 0 Å². The SMILES string of the molecule is Cc1ccc(C#N)cc1Oc1c(N)cncc1Br. The first-order valence-corrected chi connectivity index (χ1v) is 5.98. The number of hydrogen-bond acceptors (Lipinski definition) is 4. The van der Waals surface area contributed by atoms with E-state index in [2.05, 4.69) is 27.0 Å². The molecule has 0 unspecified atom stereocenters. The Morgan fingerprint density at radius 3 is 2.83 bits per heavy atom. The quantitative estimate of drug-likeness (QED) is 0.923. The highest BCUT2D eigenvalue weighted by Crippen LogP contribution is 2.35. The molecule has 1 aromatic carbocycles. The molecule has 0 amide bonds. The summed E-state index contributed by atoms with van der Waals surface area (Å²) in [5, 5.41) is 8.88. The van der Waals surface area contributed by atoms with Gasteiger partial charge < -0.3 is 10.5 Å². The zero-order chi connectivity index (χ0) is 13.1. The number of halogens is 1. The van der Waals surface area contributed by atoms with Crippen LogP contribution < -0.4 is 10.5 Å². The van der Waals surface area contributed by atoms with Crippen molar-refractivity contribution in [1.82, 2.24) is 4.98 Å². The molecule has 0 bridgehead atoms. The molecule has 0 aliphatic heterocycles. The van der Waals surface area contributed by atoms with E-state index in [0.717, 1.165) is 5.56 Å². The Morgan fingerprint density at radius 2 is 2.17 bits per heavy atom. The second-order valence-corrected chi connectivity index (χ2v) is 4.59. The number of pyridine rings is 1. The maximum Gasteiger partial charge on any atom is 0.167 e. The Kier molecular flexibility index (Phi) is 3.49. The fourth-order valence-corrected chi connectivity index (χ4v) is 1.86. The second kappa shape index (κ2) is 5.07. The van der Waals surface area contributed by atoms with Crippen LogP contribution >= 0.6 is 15.9 Å². The molecule has 1 heterocycles. The molecule has 2 N–H and O–H groups in total. The predicted octanol–water partition coefficient (Wildman–Crippen LogP) is 3.40. The van der Waals surface area contributed by atoms with E-state index in [1.54, 1.807) is 18.3 Å². The summed E-state index contributed by atoms with van der Waals surface area (Å²) in [6, 6.07) is 7.33. The van der Waals surface area contributed by atoms with Crippen LogP contribution in [0.25, 0.3) is 0 Å². The van der Waals surface area contributed by atoms with Crippen molar-refractivity contribution in [3.63, 3.8) is 0 Å². The minimum Gasteiger partial charge on any atom is -0.454 e. The number of aryl methyl sites for hydroxylation is 1. The van der Waals surface area contributed by atoms with E-state index in [0.29, 0.717) is 27.2 Å². The molecule has 0 aliphatic rings. The summed E-state index contributed by atoms with van der Waals surface area (Å²) >= 11 is 3.33. The van der Waals surface area contributed by atoms with Crippen molar-refractivity contribution >= 4 is 21.6 Å². The number of nitriles is 1. The monoisotopic (exact) mass is 303 g/mol. The minimum absolute atomic E-state index is 0.436. The van der Waals surface area contributed by atoms with Crippen molar-refractivity contribution in [1.29, 1.82) is 5.26 Å². The first-order chi connectivity index (χ1) is 8.61. The van der Waals surface area contributed by atoms with Gasteiger partial charge in [0.25, 0.3) is 0 Å². The maximum atomic E-state index is 8.88. The summed E-state index contributed by atoms with van der Waals surface area (Å²) in [5.74, 6) is 1.11. The molecule has 0 fully saturated rings. The summed E-state index contributed by atoms with van der Waals surface area (Å²) in [7, 11) is 0. The zero-order valence-electron chi connectivity index (χ0n) is 9.64. The van der Waals surface area contributed by atoms with Crippen molar-refractivity contribution in [3.8, 4) is 17.6 Å². The van der Waals surface area contributed by atoms with Gasteiger partial charge in [-0.05, 0) is 40.5 Å². The first kappa shape index (κ1) is 12.4. The molecule has 4 nitrogen and oxygen atoms in total. The van der Waals surface area contributed by atoms with Crippen LogP contribution in [0.15, 0.2) is 35.1 Å². The molecule has 18 heavy (non-hydrogen) atoms. The summed E-state index contributed by atoms with van der Waals surface area (Å²) in [5.41, 5.74) is 7.71. The Labute approximate surface area is 113 Å². The van der Waals surface area contributed by atoms with Crippen molar-refractivity contribution in [2.45, 2.75) is 6.92 Å². The van der Waals surface area contributed by atoms with Gasteiger partial charge in [0.15, 0.2) is 5.75 Å². The second-order valence-electron chi connectivity index (χ2n) is 3.73. The Bertz CT molecular complexity index is 614. The van der Waals surface area contributed by atoms with Crippen LogP contribution in [0.5, 0.6) is 11.5 Å². The van der Waals surface area contributed by atoms with Crippen LogP contribution in [0, 0.1) is 18.3 Å². The Hall–Kier alpha value is -2.06. The van der Waals surface area contributed by atoms with Crippen molar-refractivity contribution in [2.24, 2.45) is 0 Å². The molecule has 0 aliphatic carbocycles. The highest BCUT2D eigenvalue weighted by molar-refractivity contribution is 9.10. The van der Waals surface area contributed by atoms with Crippen LogP contribution in [-0.2, 0) is 0 Å². The summed E-state index contributed by atoms with van der Waals surface area (Å²) in [6.07, 6.45) is 3.12. The number of rotatable bonds is 2. The largest absolute Gasteiger partial charge is 0.454 e. The van der Waals surface area contributed by atoms with E-state index in [4.69, 9.17) is 15.7 Å². The molecular formula is C13H10BrN3O. The van der Waals surface area contributed by atoms with E-state index in [1.165, 1.54) is 6.20 Å². The van der Waals surface area contributed by atoms with Crippen molar-refractivity contribution in [3.05, 3.63) is 46.2 Å². The van der Waals surface area contributed by atoms with Gasteiger partial charge in [0, 0.05) is 6.20 Å². The summed E-state index contributed by atoms with van der Waals surface area (Å²) in [6.45, 7) is 1.90. The molecule has 5 heteroatoms. The van der Waals surface area contributed by atoms with Crippen LogP contribution in [0.2, 0.25) is 0 Å². The molecule has 0 atom stereocenters. The van der Waals surface area contributed by atoms with E-state index < -0.39 is 0 Å². The van der Waals surface area contributed by atoms with Crippen LogP contribution in [0.1, 0.15) is 11.1 Å². The van der Waals surface area contributed by atoms with Gasteiger partial charge in [0.1, 0.15) is 5.75 Å². The van der Waals surface area contributed by atoms with Gasteiger partial charge in [-0.2, -0.15) is 5.26 Å². The van der Waals surface area contributed by atoms with Gasteiger partial charge in [-0.3, -0.25) is 4.98 Å². The predicted molar refractivity (Wildman–Crippen MR) is 72.3 cm³/mol. The number of ether oxygens (including phenoxy) is 1. The number of benzene rings is 1. The minimum atomic E-state index is 0.436. The summed E-state index contributed by atoms with van der Waals surface area (Å²) in [4.78, 5) is 3.94. The molecule has 2 rings (SSSR count). The molecule has 90 valence electrons. The van der Waals surface area contributed by atoms with E-state index in [-0.39, 0.29) is 0 Å². The lowest BCUT2D eigenvalue weighted by atomic mass is 10.1. The highest BCUT2D eigenvalue weighted by Gasteiger charge is 2.10. The Balaban J connectivity index is 2.43. The Morgan fingerprint density at radius 1 is 1.39 bits per heavy atom. The average molecular weight is 304 g/mol. The molecule has 2 aromatic rings. The first-order valence-electron chi connectivity index (χ1n) is 5.19. The third kappa shape index (κ3) is 2.44. The third-order valence-corrected chi connectivity index (χ3v) is 2.97. The summed E-state index contributed by atoms with van der Waals surface area (Å²) < 4.78 is 6.42. The van der Waals surface area contributed by atoms with Crippen molar-refractivity contribution in [2.75, 3.05) is 5.73 Å². The maximum absolute atomic E-state index is 8.88. The number of hydrogen-bond donors (Lipinski definition) is 1. The van der Waals surface area contributed by atoms with E-state index in [1.807, 2.05) is 13.0 Å². The zero-order valence-corrected chi connectivity index (χ0v) is 11.2. The number of nitrogens with zero attached hydrogens (tertiary/aromatic N) is 2. The van der Waals surface area contributed by atoms with Gasteiger partial charge in [0.05, 0.1) is 28.0 Å². The van der Waals surface area contributed by atoms with Crippen LogP contribution in [-0.4, -0.2) is 4.98 Å². The number of nitrogens with two attached hydrogens (primary N) is 1. The van der Waals surface area contributed by atoms with Crippen LogP contribution in [0.3, 0.4) is 0 Å². The molecule has 0 saturated carbocycles. The van der Waals surface area contributed by atoms with E-state index in [9.17, 15) is 0 Å². The fourth-order valence-electron chi connectivity index (χ4n) is 1.44. The molecular weight excluding hydrogens is 294 g/mol. The molecule has 1 aromatic heterocycles. The standard InChI is InChI=1S/C13H10BrN3O/c1-8-2-3-9(5-15)4-12(8)18-13-10(14)6-17-7-11(13)16/h2-4,6-7H,16H2,1H3. The fraction of sp³-hybridized carbons (Fsp3) is 0.0769. The molecule has 0 radical (unpaired) electrons. The lowest BCUT2D eigenvalue weighted by molar-refractivity contribution is 0.477. The highest BCUT2D eigenvalue weighted by atomic mass is 79.9. The topological polar surface area (TPSA) is 71.9 Å². The lowest BCUT2D eigenvalue weighted by Gasteiger charge is -2.12. The van der Waals surface area contributed by atoms with Gasteiger partial charge in [-0.25, -0.2) is 0 Å². The normalized spacial score (nSPS) is 9.83. The molecule has 0 saturated heterocycles. The van der Waals surface area contributed by atoms with Crippen molar-refractivity contribution < 1.29 is 4.74 Å². The smallest absolute Gasteiger partial charge is 0.167 e. The van der Waals surface area contributed by atoms with E-state index >= 15 is 0 Å². The molecule has 0 spiro atoms. The lowest BCUT2D eigenvalue weighted by Crippen LogP contribution is -1.96. The number of aromatic nitrogens is 1. The van der Waals surface area contributed by atoms with Crippen LogP contribution in [0.4, 0.5) is 5.69 Å². The number of anilines is 1. The number of nitrogen functional groups attached to an aromatic ring is 1. The van der Waals surface area contributed by atoms with Gasteiger partial charge in [0.2, 0.25) is 0 Å².